The number of phenols is 1. The minimum Gasteiger partial charge on any atom is -0.507 e. The molecular weight excluding hydrogens is 384 g/mol. The highest BCUT2D eigenvalue weighted by Crippen LogP contribution is 2.42. The van der Waals surface area contributed by atoms with Crippen LogP contribution in [-0.4, -0.2) is 28.0 Å². The molecule has 2 aliphatic rings. The van der Waals surface area contributed by atoms with Crippen molar-refractivity contribution in [1.29, 1.82) is 0 Å². The van der Waals surface area contributed by atoms with Crippen molar-refractivity contribution >= 4 is 33.9 Å². The lowest BCUT2D eigenvalue weighted by molar-refractivity contribution is 0.454. The number of anilines is 2. The van der Waals surface area contributed by atoms with E-state index >= 15 is 0 Å². The third kappa shape index (κ3) is 3.07. The van der Waals surface area contributed by atoms with E-state index in [9.17, 15) is 5.11 Å². The molecule has 1 atom stereocenters. The average molecular weight is 402 g/mol. The van der Waals surface area contributed by atoms with Crippen LogP contribution in [0.25, 0.3) is 6.08 Å². The smallest absolute Gasteiger partial charge is 0.209 e. The van der Waals surface area contributed by atoms with E-state index in [2.05, 4.69) is 15.3 Å². The fourth-order valence-electron chi connectivity index (χ4n) is 3.58. The summed E-state index contributed by atoms with van der Waals surface area (Å²) in [5.41, 5.74) is 2.02. The molecule has 8 heteroatoms. The van der Waals surface area contributed by atoms with Crippen molar-refractivity contribution in [2.45, 2.75) is 12.1 Å². The van der Waals surface area contributed by atoms with Crippen LogP contribution < -0.4 is 10.0 Å². The first-order valence-electron chi connectivity index (χ1n) is 9.22. The zero-order valence-electron chi connectivity index (χ0n) is 15.5. The van der Waals surface area contributed by atoms with Crippen molar-refractivity contribution in [1.82, 2.24) is 4.98 Å². The van der Waals surface area contributed by atoms with E-state index in [1.54, 1.807) is 18.3 Å². The molecule has 1 unspecified atom stereocenters. The van der Waals surface area contributed by atoms with Crippen molar-refractivity contribution in [3.63, 3.8) is 0 Å². The molecular formula is C21H18N6OS. The molecule has 0 radical (unpaired) electrons. The van der Waals surface area contributed by atoms with E-state index in [1.165, 1.54) is 11.3 Å². The van der Waals surface area contributed by atoms with Gasteiger partial charge in [-0.1, -0.05) is 41.6 Å². The number of allylic oxidation sites excluding steroid dienone is 1. The van der Waals surface area contributed by atoms with Crippen LogP contribution in [0.3, 0.4) is 0 Å². The minimum atomic E-state index is -0.572. The maximum Gasteiger partial charge on any atom is 0.209 e. The van der Waals surface area contributed by atoms with E-state index in [0.29, 0.717) is 13.0 Å². The molecule has 5 rings (SSSR count). The minimum absolute atomic E-state index is 0.243. The highest BCUT2D eigenvalue weighted by Gasteiger charge is 2.52. The van der Waals surface area contributed by atoms with E-state index < -0.39 is 5.66 Å². The van der Waals surface area contributed by atoms with Gasteiger partial charge in [0.05, 0.1) is 11.4 Å². The molecule has 29 heavy (non-hydrogen) atoms. The number of hydrazone groups is 1. The van der Waals surface area contributed by atoms with Gasteiger partial charge in [0.25, 0.3) is 0 Å². The third-order valence-electron chi connectivity index (χ3n) is 4.95. The molecule has 3 heterocycles. The van der Waals surface area contributed by atoms with Crippen molar-refractivity contribution in [2.75, 3.05) is 16.6 Å². The van der Waals surface area contributed by atoms with Gasteiger partial charge in [0.1, 0.15) is 12.3 Å². The Morgan fingerprint density at radius 1 is 1.00 bits per heavy atom. The van der Waals surface area contributed by atoms with Gasteiger partial charge >= 0.3 is 0 Å². The van der Waals surface area contributed by atoms with E-state index in [1.807, 2.05) is 70.0 Å². The quantitative estimate of drug-likeness (QED) is 0.685. The molecule has 0 bridgehead atoms. The molecule has 0 saturated heterocycles. The number of aromatic nitrogens is 1. The van der Waals surface area contributed by atoms with Crippen molar-refractivity contribution < 1.29 is 5.11 Å². The SMILES string of the molecule is Oc1ccccc1/C=C/C1=NN(c2ccccc2)C2(CN=NN2c2nccs2)C1. The van der Waals surface area contributed by atoms with Gasteiger partial charge in [-0.15, -0.1) is 11.3 Å². The van der Waals surface area contributed by atoms with E-state index in [-0.39, 0.29) is 5.75 Å². The fraction of sp³-hybridized carbons (Fsp3) is 0.143. The molecule has 2 aliphatic heterocycles. The molecule has 1 aromatic heterocycles. The molecule has 0 fully saturated rings. The Hall–Kier alpha value is -3.52. The van der Waals surface area contributed by atoms with Gasteiger partial charge in [0.2, 0.25) is 5.13 Å². The lowest BCUT2D eigenvalue weighted by Gasteiger charge is -2.37. The predicted octanol–water partition coefficient (Wildman–Crippen LogP) is 4.71. The third-order valence-corrected chi connectivity index (χ3v) is 5.70. The summed E-state index contributed by atoms with van der Waals surface area (Å²) >= 11 is 1.52. The van der Waals surface area contributed by atoms with Gasteiger partial charge in [-0.2, -0.15) is 15.2 Å². The molecule has 2 aromatic carbocycles. The Kier molecular flexibility index (Phi) is 4.33. The van der Waals surface area contributed by atoms with Crippen LogP contribution in [0.2, 0.25) is 0 Å². The van der Waals surface area contributed by atoms with Crippen molar-refractivity contribution in [3.8, 4) is 5.75 Å². The molecule has 0 saturated carbocycles. The van der Waals surface area contributed by atoms with Crippen molar-refractivity contribution in [2.24, 2.45) is 15.4 Å². The number of para-hydroxylation sites is 2. The average Bonchev–Trinajstić information content (AvgIpc) is 3.49. The van der Waals surface area contributed by atoms with Gasteiger partial charge in [0, 0.05) is 23.6 Å². The first-order valence-corrected chi connectivity index (χ1v) is 10.1. The molecule has 1 N–H and O–H groups in total. The standard InChI is InChI=1S/C21H18N6OS/c28-19-9-5-4-6-16(19)10-11-17-14-21(26(24-17)18-7-2-1-3-8-18)15-23-25-27(21)20-22-12-13-29-20/h1-13,28H,14-15H2/b11-10+. The molecule has 0 aliphatic carbocycles. The van der Waals surface area contributed by atoms with Gasteiger partial charge in [-0.3, -0.25) is 0 Å². The molecule has 7 nitrogen and oxygen atoms in total. The van der Waals surface area contributed by atoms with E-state index in [4.69, 9.17) is 5.10 Å². The van der Waals surface area contributed by atoms with E-state index in [0.717, 1.165) is 22.1 Å². The summed E-state index contributed by atoms with van der Waals surface area (Å²) in [6.45, 7) is 0.485. The van der Waals surface area contributed by atoms with Crippen LogP contribution in [0.4, 0.5) is 10.8 Å². The molecule has 1 spiro atoms. The topological polar surface area (TPSA) is 76.7 Å². The molecule has 144 valence electrons. The second kappa shape index (κ2) is 7.14. The largest absolute Gasteiger partial charge is 0.507 e. The van der Waals surface area contributed by atoms with Crippen LogP contribution in [0.5, 0.6) is 5.75 Å². The zero-order chi connectivity index (χ0) is 19.7. The highest BCUT2D eigenvalue weighted by atomic mass is 32.1. The first kappa shape index (κ1) is 17.6. The van der Waals surface area contributed by atoms with Crippen LogP contribution in [-0.2, 0) is 0 Å². The Labute approximate surface area is 171 Å². The number of thiazole rings is 1. The lowest BCUT2D eigenvalue weighted by Crippen LogP contribution is -2.55. The predicted molar refractivity (Wildman–Crippen MR) is 115 cm³/mol. The number of nitrogens with zero attached hydrogens (tertiary/aromatic N) is 6. The van der Waals surface area contributed by atoms with Crippen LogP contribution in [0, 0.1) is 0 Å². The van der Waals surface area contributed by atoms with Crippen molar-refractivity contribution in [3.05, 3.63) is 77.8 Å². The van der Waals surface area contributed by atoms with Crippen LogP contribution in [0.15, 0.2) is 87.7 Å². The van der Waals surface area contributed by atoms with Gasteiger partial charge < -0.3 is 5.11 Å². The fourth-order valence-corrected chi connectivity index (χ4v) is 4.25. The Morgan fingerprint density at radius 2 is 1.83 bits per heavy atom. The second-order valence-electron chi connectivity index (χ2n) is 6.81. The molecule has 0 amide bonds. The number of hydrogen-bond acceptors (Lipinski definition) is 8. The molecule has 3 aromatic rings. The van der Waals surface area contributed by atoms with Crippen LogP contribution >= 0.6 is 11.3 Å². The summed E-state index contributed by atoms with van der Waals surface area (Å²) in [5, 5.41) is 30.2. The Bertz CT molecular complexity index is 1100. The summed E-state index contributed by atoms with van der Waals surface area (Å²) in [4.78, 5) is 4.44. The summed E-state index contributed by atoms with van der Waals surface area (Å²) in [7, 11) is 0. The normalized spacial score (nSPS) is 20.9. The second-order valence-corrected chi connectivity index (χ2v) is 7.68. The zero-order valence-corrected chi connectivity index (χ0v) is 16.3. The van der Waals surface area contributed by atoms with Crippen LogP contribution in [0.1, 0.15) is 12.0 Å². The Morgan fingerprint density at radius 3 is 2.62 bits per heavy atom. The number of benzene rings is 2. The summed E-state index contributed by atoms with van der Waals surface area (Å²) in [6.07, 6.45) is 6.22. The highest BCUT2D eigenvalue weighted by molar-refractivity contribution is 7.13. The summed E-state index contributed by atoms with van der Waals surface area (Å²) < 4.78 is 0. The van der Waals surface area contributed by atoms with Gasteiger partial charge in [-0.25, -0.2) is 9.99 Å². The number of phenolic OH excluding ortho intramolecular Hbond substituents is 1. The monoisotopic (exact) mass is 402 g/mol. The first-order chi connectivity index (χ1) is 14.3. The summed E-state index contributed by atoms with van der Waals surface area (Å²) in [6, 6.07) is 17.3. The number of aromatic hydroxyl groups is 1. The summed E-state index contributed by atoms with van der Waals surface area (Å²) in [5.74, 6) is 0.243. The maximum absolute atomic E-state index is 10.0. The number of hydrogen-bond donors (Lipinski definition) is 1. The van der Waals surface area contributed by atoms with Gasteiger partial charge in [0.15, 0.2) is 5.66 Å². The maximum atomic E-state index is 10.0. The van der Waals surface area contributed by atoms with Gasteiger partial charge in [-0.05, 0) is 30.4 Å². The lowest BCUT2D eigenvalue weighted by atomic mass is 10.0. The Balaban J connectivity index is 1.53. The number of rotatable bonds is 4.